The third-order valence-corrected chi connectivity index (χ3v) is 4.06. The van der Waals surface area contributed by atoms with Gasteiger partial charge in [0.05, 0.1) is 0 Å². The molecule has 25 heavy (non-hydrogen) atoms. The van der Waals surface area contributed by atoms with Gasteiger partial charge in [0.1, 0.15) is 0 Å². The van der Waals surface area contributed by atoms with Crippen LogP contribution in [0.5, 0.6) is 0 Å². The van der Waals surface area contributed by atoms with Gasteiger partial charge in [0.25, 0.3) is 11.8 Å². The normalized spacial score (nSPS) is 10.2. The number of amides is 2. The van der Waals surface area contributed by atoms with E-state index in [1.165, 1.54) is 6.92 Å². The first-order chi connectivity index (χ1) is 12.0. The Morgan fingerprint density at radius 1 is 0.840 bits per heavy atom. The van der Waals surface area contributed by atoms with Crippen molar-refractivity contribution in [2.75, 3.05) is 13.1 Å². The lowest BCUT2D eigenvalue weighted by molar-refractivity contribution is 0.0948. The zero-order valence-corrected chi connectivity index (χ0v) is 15.4. The Labute approximate surface area is 154 Å². The molecular weight excluding hydrogens is 384 g/mol. The number of hydrogen-bond acceptors (Lipinski definition) is 3. The molecule has 0 aliphatic rings. The van der Waals surface area contributed by atoms with E-state index in [1.807, 2.05) is 6.07 Å². The summed E-state index contributed by atoms with van der Waals surface area (Å²) in [6.07, 6.45) is 0.622. The van der Waals surface area contributed by atoms with Crippen LogP contribution >= 0.6 is 15.9 Å². The van der Waals surface area contributed by atoms with Gasteiger partial charge in [0.2, 0.25) is 0 Å². The van der Waals surface area contributed by atoms with Crippen molar-refractivity contribution in [2.24, 2.45) is 0 Å². The Bertz CT molecular complexity index is 772. The van der Waals surface area contributed by atoms with Gasteiger partial charge in [-0.1, -0.05) is 34.1 Å². The monoisotopic (exact) mass is 402 g/mol. The van der Waals surface area contributed by atoms with E-state index in [0.29, 0.717) is 36.2 Å². The maximum absolute atomic E-state index is 12.0. The van der Waals surface area contributed by atoms with Crippen LogP contribution in [-0.4, -0.2) is 30.7 Å². The molecule has 0 atom stereocenters. The second kappa shape index (κ2) is 9.13. The summed E-state index contributed by atoms with van der Waals surface area (Å²) >= 11 is 3.33. The van der Waals surface area contributed by atoms with Gasteiger partial charge in [-0.2, -0.15) is 0 Å². The Morgan fingerprint density at radius 3 is 1.96 bits per heavy atom. The average molecular weight is 403 g/mol. The predicted octanol–water partition coefficient (Wildman–Crippen LogP) is 3.20. The molecule has 6 heteroatoms. The van der Waals surface area contributed by atoms with Crippen molar-refractivity contribution in [3.05, 3.63) is 69.7 Å². The minimum absolute atomic E-state index is 0.0341. The first-order valence-electron chi connectivity index (χ1n) is 7.90. The summed E-state index contributed by atoms with van der Waals surface area (Å²) in [5.74, 6) is -0.381. The van der Waals surface area contributed by atoms with Gasteiger partial charge in [-0.3, -0.25) is 14.4 Å². The Kier molecular flexibility index (Phi) is 6.89. The molecule has 2 aromatic rings. The fourth-order valence-corrected chi connectivity index (χ4v) is 2.58. The van der Waals surface area contributed by atoms with E-state index in [4.69, 9.17) is 0 Å². The van der Waals surface area contributed by atoms with Crippen molar-refractivity contribution < 1.29 is 14.4 Å². The number of ketones is 1. The summed E-state index contributed by atoms with van der Waals surface area (Å²) in [6.45, 7) is 2.40. The third kappa shape index (κ3) is 5.83. The zero-order valence-electron chi connectivity index (χ0n) is 13.8. The molecular formula is C19H19BrN2O3. The van der Waals surface area contributed by atoms with Crippen molar-refractivity contribution in [1.82, 2.24) is 10.6 Å². The number of Topliss-reactive ketones (excluding diaryl/α,β-unsaturated/α-hetero) is 1. The molecule has 0 bridgehead atoms. The highest BCUT2D eigenvalue weighted by Gasteiger charge is 2.07. The van der Waals surface area contributed by atoms with Gasteiger partial charge in [0.15, 0.2) is 5.78 Å². The molecule has 130 valence electrons. The van der Waals surface area contributed by atoms with Crippen LogP contribution in [0.4, 0.5) is 0 Å². The lowest BCUT2D eigenvalue weighted by Gasteiger charge is -2.07. The van der Waals surface area contributed by atoms with Gasteiger partial charge >= 0.3 is 0 Å². The molecule has 0 aromatic heterocycles. The van der Waals surface area contributed by atoms with Crippen LogP contribution in [0.2, 0.25) is 0 Å². The van der Waals surface area contributed by atoms with E-state index in [9.17, 15) is 14.4 Å². The SMILES string of the molecule is CC(=O)c1ccc(C(=O)NCCCNC(=O)c2cccc(Br)c2)cc1. The van der Waals surface area contributed by atoms with Crippen LogP contribution in [0.1, 0.15) is 44.4 Å². The molecule has 0 spiro atoms. The highest BCUT2D eigenvalue weighted by molar-refractivity contribution is 9.10. The summed E-state index contributed by atoms with van der Waals surface area (Å²) in [5.41, 5.74) is 1.67. The van der Waals surface area contributed by atoms with Crippen molar-refractivity contribution in [2.45, 2.75) is 13.3 Å². The Hall–Kier alpha value is -2.47. The van der Waals surface area contributed by atoms with Crippen molar-refractivity contribution >= 4 is 33.5 Å². The van der Waals surface area contributed by atoms with Crippen LogP contribution < -0.4 is 10.6 Å². The van der Waals surface area contributed by atoms with Crippen molar-refractivity contribution in [1.29, 1.82) is 0 Å². The highest BCUT2D eigenvalue weighted by atomic mass is 79.9. The Balaban J connectivity index is 1.71. The molecule has 0 heterocycles. The number of rotatable bonds is 7. The lowest BCUT2D eigenvalue weighted by atomic mass is 10.1. The van der Waals surface area contributed by atoms with E-state index < -0.39 is 0 Å². The predicted molar refractivity (Wildman–Crippen MR) is 99.9 cm³/mol. The molecule has 0 aliphatic heterocycles. The molecule has 2 rings (SSSR count). The van der Waals surface area contributed by atoms with Gasteiger partial charge < -0.3 is 10.6 Å². The zero-order chi connectivity index (χ0) is 18.2. The second-order valence-corrected chi connectivity index (χ2v) is 6.42. The van der Waals surface area contributed by atoms with E-state index in [2.05, 4.69) is 26.6 Å². The van der Waals surface area contributed by atoms with Crippen molar-refractivity contribution in [3.63, 3.8) is 0 Å². The standard InChI is InChI=1S/C19H19BrN2O3/c1-13(23)14-6-8-15(9-7-14)18(24)21-10-3-11-22-19(25)16-4-2-5-17(20)12-16/h2,4-9,12H,3,10-11H2,1H3,(H,21,24)(H,22,25). The number of carbonyl (C=O) groups excluding carboxylic acids is 3. The van der Waals surface area contributed by atoms with Crippen LogP contribution in [0, 0.1) is 0 Å². The molecule has 0 saturated carbocycles. The summed E-state index contributed by atoms with van der Waals surface area (Å²) < 4.78 is 0.850. The summed E-state index contributed by atoms with van der Waals surface area (Å²) in [5, 5.41) is 5.60. The van der Waals surface area contributed by atoms with Gasteiger partial charge in [-0.15, -0.1) is 0 Å². The van der Waals surface area contributed by atoms with Gasteiger partial charge in [-0.25, -0.2) is 0 Å². The molecule has 0 aliphatic carbocycles. The lowest BCUT2D eigenvalue weighted by Crippen LogP contribution is -2.29. The van der Waals surface area contributed by atoms with Crippen LogP contribution in [0.15, 0.2) is 53.0 Å². The number of nitrogens with one attached hydrogen (secondary N) is 2. The number of carbonyl (C=O) groups is 3. The average Bonchev–Trinajstić information content (AvgIpc) is 2.61. The maximum Gasteiger partial charge on any atom is 0.251 e. The van der Waals surface area contributed by atoms with E-state index in [1.54, 1.807) is 42.5 Å². The van der Waals surface area contributed by atoms with E-state index >= 15 is 0 Å². The number of benzene rings is 2. The second-order valence-electron chi connectivity index (χ2n) is 5.51. The molecule has 5 nitrogen and oxygen atoms in total. The largest absolute Gasteiger partial charge is 0.352 e. The smallest absolute Gasteiger partial charge is 0.251 e. The molecule has 2 N–H and O–H groups in total. The highest BCUT2D eigenvalue weighted by Crippen LogP contribution is 2.11. The van der Waals surface area contributed by atoms with Crippen LogP contribution in [0.25, 0.3) is 0 Å². The van der Waals surface area contributed by atoms with Crippen molar-refractivity contribution in [3.8, 4) is 0 Å². The molecule has 2 amide bonds. The van der Waals surface area contributed by atoms with Gasteiger partial charge in [-0.05, 0) is 43.7 Å². The maximum atomic E-state index is 12.0. The quantitative estimate of drug-likeness (QED) is 0.551. The fraction of sp³-hybridized carbons (Fsp3) is 0.211. The van der Waals surface area contributed by atoms with Crippen LogP contribution in [-0.2, 0) is 0 Å². The molecule has 0 unspecified atom stereocenters. The fourth-order valence-electron chi connectivity index (χ4n) is 2.18. The van der Waals surface area contributed by atoms with Gasteiger partial charge in [0, 0.05) is 34.3 Å². The minimum atomic E-state index is -0.201. The molecule has 0 radical (unpaired) electrons. The number of halogens is 1. The number of hydrogen-bond donors (Lipinski definition) is 2. The minimum Gasteiger partial charge on any atom is -0.352 e. The summed E-state index contributed by atoms with van der Waals surface area (Å²) in [6, 6.07) is 13.7. The first-order valence-corrected chi connectivity index (χ1v) is 8.69. The van der Waals surface area contributed by atoms with E-state index in [-0.39, 0.29) is 17.6 Å². The topological polar surface area (TPSA) is 75.3 Å². The summed E-state index contributed by atoms with van der Waals surface area (Å²) in [7, 11) is 0. The third-order valence-electron chi connectivity index (χ3n) is 3.57. The molecule has 2 aromatic carbocycles. The Morgan fingerprint density at radius 2 is 1.40 bits per heavy atom. The molecule has 0 fully saturated rings. The first kappa shape index (κ1) is 18.9. The van der Waals surface area contributed by atoms with Crippen LogP contribution in [0.3, 0.4) is 0 Å². The molecule has 0 saturated heterocycles. The summed E-state index contributed by atoms with van der Waals surface area (Å²) in [4.78, 5) is 35.2. The van der Waals surface area contributed by atoms with E-state index in [0.717, 1.165) is 4.47 Å².